The Morgan fingerprint density at radius 2 is 1.82 bits per heavy atom. The van der Waals surface area contributed by atoms with Crippen LogP contribution in [0.25, 0.3) is 0 Å². The van der Waals surface area contributed by atoms with Gasteiger partial charge in [-0.25, -0.2) is 9.38 Å². The quantitative estimate of drug-likeness (QED) is 0.421. The van der Waals surface area contributed by atoms with Crippen LogP contribution in [0.3, 0.4) is 0 Å². The van der Waals surface area contributed by atoms with Gasteiger partial charge in [-0.2, -0.15) is 0 Å². The lowest BCUT2D eigenvalue weighted by Gasteiger charge is -2.06. The van der Waals surface area contributed by atoms with Gasteiger partial charge in [0.1, 0.15) is 5.82 Å². The molecule has 0 saturated carbocycles. The highest BCUT2D eigenvalue weighted by atomic mass is 127. The van der Waals surface area contributed by atoms with Crippen LogP contribution in [0.4, 0.5) is 10.1 Å². The van der Waals surface area contributed by atoms with Gasteiger partial charge >= 0.3 is 0 Å². The molecule has 0 unspecified atom stereocenters. The molecule has 118 valence electrons. The van der Waals surface area contributed by atoms with Crippen LogP contribution in [-0.2, 0) is 13.0 Å². The Morgan fingerprint density at radius 1 is 1.18 bits per heavy atom. The van der Waals surface area contributed by atoms with E-state index in [1.165, 1.54) is 11.6 Å². The smallest absolute Gasteiger partial charge is 0.193 e. The van der Waals surface area contributed by atoms with Gasteiger partial charge in [-0.1, -0.05) is 36.7 Å². The first kappa shape index (κ1) is 18.7. The zero-order valence-corrected chi connectivity index (χ0v) is 15.2. The summed E-state index contributed by atoms with van der Waals surface area (Å²) < 4.78 is 13.0. The average molecular weight is 434 g/mol. The number of nitrogens with two attached hydrogens (primary N) is 1. The van der Waals surface area contributed by atoms with E-state index < -0.39 is 5.82 Å². The normalized spacial score (nSPS) is 11.0. The van der Waals surface area contributed by atoms with Crippen molar-refractivity contribution in [2.24, 2.45) is 10.7 Å². The van der Waals surface area contributed by atoms with Crippen LogP contribution in [0.5, 0.6) is 0 Å². The van der Waals surface area contributed by atoms with Gasteiger partial charge in [-0.05, 0) is 41.8 Å². The first-order chi connectivity index (χ1) is 10.1. The van der Waals surface area contributed by atoms with E-state index in [1.54, 1.807) is 12.1 Å². The van der Waals surface area contributed by atoms with E-state index in [2.05, 4.69) is 17.2 Å². The maximum absolute atomic E-state index is 13.0. The van der Waals surface area contributed by atoms with Gasteiger partial charge in [-0.15, -0.1) is 24.0 Å². The van der Waals surface area contributed by atoms with Gasteiger partial charge < -0.3 is 11.1 Å². The summed E-state index contributed by atoms with van der Waals surface area (Å²) in [4.78, 5) is 4.21. The van der Waals surface area contributed by atoms with Crippen LogP contribution >= 0.6 is 35.6 Å². The molecule has 0 aliphatic heterocycles. The number of aliphatic imine (C=N–C) groups is 1. The first-order valence-electron chi connectivity index (χ1n) is 6.68. The molecule has 0 aliphatic rings. The SMILES string of the molecule is CCc1ccc(NC(N)=NCc2ccc(F)c(Cl)c2)cc1.I. The minimum absolute atomic E-state index is 0. The molecule has 0 spiro atoms. The summed E-state index contributed by atoms with van der Waals surface area (Å²) in [5.41, 5.74) is 8.76. The number of benzene rings is 2. The molecule has 2 rings (SSSR count). The number of anilines is 1. The molecule has 0 saturated heterocycles. The minimum Gasteiger partial charge on any atom is -0.370 e. The highest BCUT2D eigenvalue weighted by Crippen LogP contribution is 2.16. The molecule has 22 heavy (non-hydrogen) atoms. The molecule has 3 nitrogen and oxygen atoms in total. The van der Waals surface area contributed by atoms with Crippen molar-refractivity contribution >= 4 is 47.2 Å². The third kappa shape index (κ3) is 5.46. The van der Waals surface area contributed by atoms with Gasteiger partial charge in [-0.3, -0.25) is 0 Å². The van der Waals surface area contributed by atoms with E-state index in [4.69, 9.17) is 17.3 Å². The monoisotopic (exact) mass is 433 g/mol. The number of halogens is 3. The molecule has 0 aromatic heterocycles. The highest BCUT2D eigenvalue weighted by Gasteiger charge is 2.01. The Kier molecular flexibility index (Phi) is 7.61. The molecule has 2 aromatic carbocycles. The van der Waals surface area contributed by atoms with Crippen LogP contribution in [-0.4, -0.2) is 5.96 Å². The highest BCUT2D eigenvalue weighted by molar-refractivity contribution is 14.0. The van der Waals surface area contributed by atoms with Crippen molar-refractivity contribution in [1.29, 1.82) is 0 Å². The number of rotatable bonds is 4. The second-order valence-electron chi connectivity index (χ2n) is 4.63. The lowest BCUT2D eigenvalue weighted by atomic mass is 10.1. The van der Waals surface area contributed by atoms with Gasteiger partial charge in [0.15, 0.2) is 5.96 Å². The van der Waals surface area contributed by atoms with Crippen molar-refractivity contribution < 1.29 is 4.39 Å². The van der Waals surface area contributed by atoms with Crippen molar-refractivity contribution in [2.45, 2.75) is 19.9 Å². The number of aryl methyl sites for hydroxylation is 1. The number of hydrogen-bond donors (Lipinski definition) is 2. The standard InChI is InChI=1S/C16H17ClFN3.HI/c1-2-11-3-6-13(7-4-11)21-16(19)20-10-12-5-8-15(18)14(17)9-12;/h3-9H,2,10H2,1H3,(H3,19,20,21);1H. The fourth-order valence-corrected chi connectivity index (χ4v) is 2.03. The van der Waals surface area contributed by atoms with Gasteiger partial charge in [0.25, 0.3) is 0 Å². The Labute approximate surface area is 151 Å². The van der Waals surface area contributed by atoms with E-state index >= 15 is 0 Å². The summed E-state index contributed by atoms with van der Waals surface area (Å²) in [5.74, 6) is -0.133. The number of guanidine groups is 1. The summed E-state index contributed by atoms with van der Waals surface area (Å²) in [6, 6.07) is 12.5. The molecule has 0 atom stereocenters. The molecule has 6 heteroatoms. The summed E-state index contributed by atoms with van der Waals surface area (Å²) in [7, 11) is 0. The van der Waals surface area contributed by atoms with E-state index in [-0.39, 0.29) is 29.0 Å². The zero-order chi connectivity index (χ0) is 15.2. The third-order valence-electron chi connectivity index (χ3n) is 3.05. The summed E-state index contributed by atoms with van der Waals surface area (Å²) in [6.45, 7) is 2.44. The van der Waals surface area contributed by atoms with E-state index in [1.807, 2.05) is 24.3 Å². The molecule has 0 amide bonds. The summed E-state index contributed by atoms with van der Waals surface area (Å²) in [6.07, 6.45) is 0.995. The first-order valence-corrected chi connectivity index (χ1v) is 7.06. The lowest BCUT2D eigenvalue weighted by molar-refractivity contribution is 0.627. The zero-order valence-electron chi connectivity index (χ0n) is 12.1. The predicted molar refractivity (Wildman–Crippen MR) is 102 cm³/mol. The predicted octanol–water partition coefficient (Wildman–Crippen LogP) is 4.59. The van der Waals surface area contributed by atoms with Crippen LogP contribution in [0.15, 0.2) is 47.5 Å². The molecule has 0 radical (unpaired) electrons. The minimum atomic E-state index is -0.438. The van der Waals surface area contributed by atoms with E-state index in [9.17, 15) is 4.39 Å². The van der Waals surface area contributed by atoms with E-state index in [0.29, 0.717) is 12.5 Å². The van der Waals surface area contributed by atoms with Crippen LogP contribution in [0.1, 0.15) is 18.1 Å². The maximum Gasteiger partial charge on any atom is 0.193 e. The lowest BCUT2D eigenvalue weighted by Crippen LogP contribution is -2.22. The molecule has 0 aliphatic carbocycles. The molecule has 2 aromatic rings. The van der Waals surface area contributed by atoms with E-state index in [0.717, 1.165) is 17.7 Å². The number of hydrogen-bond acceptors (Lipinski definition) is 1. The fraction of sp³-hybridized carbons (Fsp3) is 0.188. The van der Waals surface area contributed by atoms with Crippen LogP contribution < -0.4 is 11.1 Å². The second kappa shape index (κ2) is 8.95. The van der Waals surface area contributed by atoms with Crippen molar-refractivity contribution in [3.63, 3.8) is 0 Å². The summed E-state index contributed by atoms with van der Waals surface area (Å²) >= 11 is 5.72. The molecular weight excluding hydrogens is 416 g/mol. The Hall–Kier alpha value is -1.34. The van der Waals surface area contributed by atoms with Gasteiger partial charge in [0.05, 0.1) is 11.6 Å². The molecule has 0 heterocycles. The van der Waals surface area contributed by atoms with Crippen LogP contribution in [0.2, 0.25) is 5.02 Å². The Balaban J connectivity index is 0.00000242. The topological polar surface area (TPSA) is 50.4 Å². The number of nitrogens with zero attached hydrogens (tertiary/aromatic N) is 1. The van der Waals surface area contributed by atoms with Gasteiger partial charge in [0, 0.05) is 5.69 Å². The van der Waals surface area contributed by atoms with Gasteiger partial charge in [0.2, 0.25) is 0 Å². The average Bonchev–Trinajstić information content (AvgIpc) is 2.49. The molecule has 0 fully saturated rings. The molecule has 3 N–H and O–H groups in total. The largest absolute Gasteiger partial charge is 0.370 e. The summed E-state index contributed by atoms with van der Waals surface area (Å²) in [5, 5.41) is 3.10. The molecule has 0 bridgehead atoms. The maximum atomic E-state index is 13.0. The van der Waals surface area contributed by atoms with Crippen LogP contribution in [0, 0.1) is 5.82 Å². The fourth-order valence-electron chi connectivity index (χ4n) is 1.83. The van der Waals surface area contributed by atoms with Crippen molar-refractivity contribution in [3.05, 3.63) is 64.4 Å². The Bertz CT molecular complexity index is 644. The number of nitrogens with one attached hydrogen (secondary N) is 1. The third-order valence-corrected chi connectivity index (χ3v) is 3.34. The van der Waals surface area contributed by atoms with Crippen molar-refractivity contribution in [3.8, 4) is 0 Å². The Morgan fingerprint density at radius 3 is 2.41 bits per heavy atom. The van der Waals surface area contributed by atoms with Crippen molar-refractivity contribution in [1.82, 2.24) is 0 Å². The van der Waals surface area contributed by atoms with Crippen molar-refractivity contribution in [2.75, 3.05) is 5.32 Å². The molecular formula is C16H18ClFIN3. The second-order valence-corrected chi connectivity index (χ2v) is 5.03.